The maximum Gasteiger partial charge on any atom is 0.0367 e. The van der Waals surface area contributed by atoms with E-state index in [0.717, 1.165) is 17.6 Å². The minimum absolute atomic E-state index is 0.697. The Balaban J connectivity index is 2.78. The van der Waals surface area contributed by atoms with Gasteiger partial charge >= 0.3 is 0 Å². The van der Waals surface area contributed by atoms with E-state index >= 15 is 0 Å². The van der Waals surface area contributed by atoms with Crippen LogP contribution in [-0.2, 0) is 0 Å². The van der Waals surface area contributed by atoms with Gasteiger partial charge in [-0.15, -0.1) is 0 Å². The first-order chi connectivity index (χ1) is 7.49. The standard InChI is InChI=1S/C14H22BrN/c1-11(2)9-16(10-12(3)4)14-7-5-13(15)6-8-14/h5-8,11-12H,9-10H2,1-4H3. The number of rotatable bonds is 5. The quantitative estimate of drug-likeness (QED) is 0.765. The summed E-state index contributed by atoms with van der Waals surface area (Å²) in [5.41, 5.74) is 1.32. The van der Waals surface area contributed by atoms with Crippen molar-refractivity contribution < 1.29 is 0 Å². The SMILES string of the molecule is CC(C)CN(CC(C)C)c1ccc(Br)cc1. The van der Waals surface area contributed by atoms with Crippen molar-refractivity contribution in [3.8, 4) is 0 Å². The Morgan fingerprint density at radius 3 is 1.75 bits per heavy atom. The molecule has 0 unspecified atom stereocenters. The second-order valence-corrected chi connectivity index (χ2v) is 6.08. The Hall–Kier alpha value is -0.500. The summed E-state index contributed by atoms with van der Waals surface area (Å²) in [7, 11) is 0. The molecule has 0 aliphatic rings. The Morgan fingerprint density at radius 1 is 0.938 bits per heavy atom. The van der Waals surface area contributed by atoms with Crippen LogP contribution in [0.25, 0.3) is 0 Å². The van der Waals surface area contributed by atoms with Gasteiger partial charge in [0.2, 0.25) is 0 Å². The fraction of sp³-hybridized carbons (Fsp3) is 0.571. The van der Waals surface area contributed by atoms with Crippen molar-refractivity contribution in [3.63, 3.8) is 0 Å². The van der Waals surface area contributed by atoms with Crippen molar-refractivity contribution in [2.75, 3.05) is 18.0 Å². The fourth-order valence-electron chi connectivity index (χ4n) is 1.82. The van der Waals surface area contributed by atoms with Gasteiger partial charge in [0, 0.05) is 23.2 Å². The van der Waals surface area contributed by atoms with Gasteiger partial charge < -0.3 is 4.90 Å². The van der Waals surface area contributed by atoms with Crippen LogP contribution in [0.3, 0.4) is 0 Å². The lowest BCUT2D eigenvalue weighted by Crippen LogP contribution is -2.31. The molecule has 0 amide bonds. The number of halogens is 1. The molecule has 1 aromatic rings. The normalized spacial score (nSPS) is 11.2. The molecule has 1 aromatic carbocycles. The van der Waals surface area contributed by atoms with Gasteiger partial charge in [-0.2, -0.15) is 0 Å². The van der Waals surface area contributed by atoms with Gasteiger partial charge in [-0.3, -0.25) is 0 Å². The zero-order valence-electron chi connectivity index (χ0n) is 10.7. The first kappa shape index (κ1) is 13.6. The molecule has 0 saturated carbocycles. The maximum absolute atomic E-state index is 3.48. The van der Waals surface area contributed by atoms with Gasteiger partial charge in [-0.1, -0.05) is 43.6 Å². The van der Waals surface area contributed by atoms with E-state index in [2.05, 4.69) is 72.8 Å². The van der Waals surface area contributed by atoms with Gasteiger partial charge in [0.25, 0.3) is 0 Å². The molecule has 0 aliphatic carbocycles. The topological polar surface area (TPSA) is 3.24 Å². The molecule has 2 heteroatoms. The van der Waals surface area contributed by atoms with Crippen molar-refractivity contribution in [1.82, 2.24) is 0 Å². The summed E-state index contributed by atoms with van der Waals surface area (Å²) in [6.45, 7) is 11.3. The number of hydrogen-bond donors (Lipinski definition) is 0. The second-order valence-electron chi connectivity index (χ2n) is 5.17. The van der Waals surface area contributed by atoms with Crippen LogP contribution >= 0.6 is 15.9 Å². The van der Waals surface area contributed by atoms with Crippen LogP contribution in [0.1, 0.15) is 27.7 Å². The molecule has 0 spiro atoms. The van der Waals surface area contributed by atoms with Crippen molar-refractivity contribution in [2.24, 2.45) is 11.8 Å². The van der Waals surface area contributed by atoms with E-state index in [1.54, 1.807) is 0 Å². The first-order valence-corrected chi connectivity index (χ1v) is 6.79. The number of nitrogens with zero attached hydrogens (tertiary/aromatic N) is 1. The Morgan fingerprint density at radius 2 is 1.38 bits per heavy atom. The molecule has 1 rings (SSSR count). The van der Waals surface area contributed by atoms with Crippen LogP contribution in [-0.4, -0.2) is 13.1 Å². The third-order valence-corrected chi connectivity index (χ3v) is 2.89. The molecule has 1 nitrogen and oxygen atoms in total. The predicted molar refractivity (Wildman–Crippen MR) is 76.0 cm³/mol. The van der Waals surface area contributed by atoms with E-state index < -0.39 is 0 Å². The molecular weight excluding hydrogens is 262 g/mol. The maximum atomic E-state index is 3.48. The van der Waals surface area contributed by atoms with Crippen LogP contribution in [0, 0.1) is 11.8 Å². The molecule has 0 radical (unpaired) electrons. The summed E-state index contributed by atoms with van der Waals surface area (Å²) in [6, 6.07) is 8.61. The number of benzene rings is 1. The average Bonchev–Trinajstić information content (AvgIpc) is 2.16. The second kappa shape index (κ2) is 6.29. The van der Waals surface area contributed by atoms with E-state index in [4.69, 9.17) is 0 Å². The molecule has 0 atom stereocenters. The fourth-order valence-corrected chi connectivity index (χ4v) is 2.08. The highest BCUT2D eigenvalue weighted by Gasteiger charge is 2.10. The first-order valence-electron chi connectivity index (χ1n) is 5.99. The highest BCUT2D eigenvalue weighted by molar-refractivity contribution is 9.10. The summed E-state index contributed by atoms with van der Waals surface area (Å²) in [5.74, 6) is 1.39. The molecule has 0 fully saturated rings. The minimum Gasteiger partial charge on any atom is -0.371 e. The van der Waals surface area contributed by atoms with E-state index in [1.807, 2.05) is 0 Å². The summed E-state index contributed by atoms with van der Waals surface area (Å²) in [6.07, 6.45) is 0. The monoisotopic (exact) mass is 283 g/mol. The lowest BCUT2D eigenvalue weighted by Gasteiger charge is -2.28. The molecule has 0 heterocycles. The van der Waals surface area contributed by atoms with Crippen molar-refractivity contribution in [2.45, 2.75) is 27.7 Å². The summed E-state index contributed by atoms with van der Waals surface area (Å²) >= 11 is 3.48. The molecule has 16 heavy (non-hydrogen) atoms. The summed E-state index contributed by atoms with van der Waals surface area (Å²) in [4.78, 5) is 2.47. The van der Waals surface area contributed by atoms with Gasteiger partial charge in [-0.25, -0.2) is 0 Å². The van der Waals surface area contributed by atoms with Crippen molar-refractivity contribution >= 4 is 21.6 Å². The molecule has 0 bridgehead atoms. The zero-order valence-corrected chi connectivity index (χ0v) is 12.3. The number of anilines is 1. The Kier molecular flexibility index (Phi) is 5.33. The molecule has 0 aromatic heterocycles. The minimum atomic E-state index is 0.697. The van der Waals surface area contributed by atoms with Gasteiger partial charge in [0.15, 0.2) is 0 Å². The lowest BCUT2D eigenvalue weighted by atomic mass is 10.1. The van der Waals surface area contributed by atoms with E-state index in [0.29, 0.717) is 11.8 Å². The average molecular weight is 284 g/mol. The molecule has 0 saturated heterocycles. The van der Waals surface area contributed by atoms with E-state index in [1.165, 1.54) is 5.69 Å². The van der Waals surface area contributed by atoms with Crippen LogP contribution in [0.2, 0.25) is 0 Å². The molecule has 0 aliphatic heterocycles. The largest absolute Gasteiger partial charge is 0.371 e. The predicted octanol–water partition coefficient (Wildman–Crippen LogP) is 4.57. The van der Waals surface area contributed by atoms with E-state index in [9.17, 15) is 0 Å². The third kappa shape index (κ3) is 4.56. The van der Waals surface area contributed by atoms with Crippen LogP contribution < -0.4 is 4.90 Å². The smallest absolute Gasteiger partial charge is 0.0367 e. The van der Waals surface area contributed by atoms with E-state index in [-0.39, 0.29) is 0 Å². The van der Waals surface area contributed by atoms with Crippen molar-refractivity contribution in [3.05, 3.63) is 28.7 Å². The highest BCUT2D eigenvalue weighted by Crippen LogP contribution is 2.20. The van der Waals surface area contributed by atoms with Gasteiger partial charge in [-0.05, 0) is 36.1 Å². The Labute approximate surface area is 108 Å². The highest BCUT2D eigenvalue weighted by atomic mass is 79.9. The molecule has 90 valence electrons. The number of hydrogen-bond acceptors (Lipinski definition) is 1. The molecule has 0 N–H and O–H groups in total. The summed E-state index contributed by atoms with van der Waals surface area (Å²) in [5, 5.41) is 0. The van der Waals surface area contributed by atoms with Crippen molar-refractivity contribution in [1.29, 1.82) is 0 Å². The summed E-state index contributed by atoms with van der Waals surface area (Å²) < 4.78 is 1.14. The Bertz CT molecular complexity index is 293. The molecular formula is C14H22BrN. The third-order valence-electron chi connectivity index (χ3n) is 2.36. The van der Waals surface area contributed by atoms with Crippen LogP contribution in [0.15, 0.2) is 28.7 Å². The van der Waals surface area contributed by atoms with Gasteiger partial charge in [0.05, 0.1) is 0 Å². The zero-order chi connectivity index (χ0) is 12.1. The van der Waals surface area contributed by atoms with Crippen LogP contribution in [0.4, 0.5) is 5.69 Å². The van der Waals surface area contributed by atoms with Crippen LogP contribution in [0.5, 0.6) is 0 Å². The lowest BCUT2D eigenvalue weighted by molar-refractivity contribution is 0.553. The van der Waals surface area contributed by atoms with Gasteiger partial charge in [0.1, 0.15) is 0 Å².